The topological polar surface area (TPSA) is 88.9 Å². The summed E-state index contributed by atoms with van der Waals surface area (Å²) < 4.78 is 0. The zero-order valence-corrected chi connectivity index (χ0v) is 15.2. The van der Waals surface area contributed by atoms with Crippen LogP contribution in [-0.4, -0.2) is 14.9 Å². The van der Waals surface area contributed by atoms with Gasteiger partial charge in [-0.3, -0.25) is 14.9 Å². The minimum atomic E-state index is -0.458. The Morgan fingerprint density at radius 2 is 2.00 bits per heavy atom. The van der Waals surface area contributed by atoms with Crippen LogP contribution >= 0.6 is 22.9 Å². The number of hydrogen-bond donors (Lipinski definition) is 1. The molecule has 0 amide bonds. The minimum Gasteiger partial charge on any atom is -0.305 e. The second-order valence-corrected chi connectivity index (χ2v) is 7.64. The van der Waals surface area contributed by atoms with E-state index in [9.17, 15) is 14.9 Å². The lowest BCUT2D eigenvalue weighted by Gasteiger charge is -2.09. The quantitative estimate of drug-likeness (QED) is 0.529. The zero-order valence-electron chi connectivity index (χ0n) is 13.6. The van der Waals surface area contributed by atoms with Crippen LogP contribution in [0, 0.1) is 10.1 Å². The van der Waals surface area contributed by atoms with Gasteiger partial charge in [-0.1, -0.05) is 11.6 Å². The van der Waals surface area contributed by atoms with E-state index in [0.29, 0.717) is 21.6 Å². The van der Waals surface area contributed by atoms with Gasteiger partial charge in [0, 0.05) is 17.0 Å². The van der Waals surface area contributed by atoms with Crippen LogP contribution in [0.2, 0.25) is 0 Å². The van der Waals surface area contributed by atoms with Crippen molar-refractivity contribution in [1.82, 2.24) is 9.97 Å². The zero-order chi connectivity index (χ0) is 18.3. The van der Waals surface area contributed by atoms with Crippen molar-refractivity contribution in [3.8, 4) is 0 Å². The standard InChI is InChI=1S/C18H14ClN3O3S/c19-13(9-10-5-7-11(8-6-10)22(24)25)16-20-17(23)15-12-3-1-2-4-14(12)26-18(15)21-16/h5-9H,1-4H2,(H,20,21,23)/b13-9-. The number of nitro benzene ring substituents is 1. The number of nitrogens with zero attached hydrogens (tertiary/aromatic N) is 2. The maximum atomic E-state index is 12.6. The van der Waals surface area contributed by atoms with Crippen molar-refractivity contribution >= 4 is 50.0 Å². The lowest BCUT2D eigenvalue weighted by atomic mass is 9.97. The van der Waals surface area contributed by atoms with Crippen LogP contribution in [0.25, 0.3) is 21.3 Å². The molecule has 0 bridgehead atoms. The number of nitro groups is 1. The molecular weight excluding hydrogens is 374 g/mol. The van der Waals surface area contributed by atoms with Crippen LogP contribution in [0.15, 0.2) is 29.1 Å². The number of fused-ring (bicyclic) bond motifs is 3. The Balaban J connectivity index is 1.73. The molecule has 1 N–H and O–H groups in total. The lowest BCUT2D eigenvalue weighted by molar-refractivity contribution is -0.384. The number of nitrogens with one attached hydrogen (secondary N) is 1. The molecule has 0 saturated heterocycles. The number of benzene rings is 1. The van der Waals surface area contributed by atoms with Crippen LogP contribution in [0.1, 0.15) is 34.7 Å². The van der Waals surface area contributed by atoms with E-state index in [4.69, 9.17) is 11.6 Å². The van der Waals surface area contributed by atoms with Crippen molar-refractivity contribution in [3.05, 3.63) is 66.6 Å². The first-order chi connectivity index (χ1) is 12.5. The molecule has 0 atom stereocenters. The summed E-state index contributed by atoms with van der Waals surface area (Å²) in [6.07, 6.45) is 5.79. The third-order valence-electron chi connectivity index (χ3n) is 4.45. The Bertz CT molecular complexity index is 1100. The molecular formula is C18H14ClN3O3S. The summed E-state index contributed by atoms with van der Waals surface area (Å²) in [6.45, 7) is 0. The van der Waals surface area contributed by atoms with Crippen LogP contribution in [0.3, 0.4) is 0 Å². The van der Waals surface area contributed by atoms with Gasteiger partial charge >= 0.3 is 0 Å². The van der Waals surface area contributed by atoms with Gasteiger partial charge in [-0.25, -0.2) is 4.98 Å². The Morgan fingerprint density at radius 1 is 1.27 bits per heavy atom. The van der Waals surface area contributed by atoms with Crippen molar-refractivity contribution in [2.75, 3.05) is 0 Å². The summed E-state index contributed by atoms with van der Waals surface area (Å²) in [5.74, 6) is 0.307. The molecule has 4 rings (SSSR count). The van der Waals surface area contributed by atoms with Crippen molar-refractivity contribution < 1.29 is 4.92 Å². The minimum absolute atomic E-state index is 0.00962. The molecule has 1 aliphatic rings. The molecule has 26 heavy (non-hydrogen) atoms. The third kappa shape index (κ3) is 3.04. The van der Waals surface area contributed by atoms with Gasteiger partial charge in [0.25, 0.3) is 11.2 Å². The largest absolute Gasteiger partial charge is 0.305 e. The van der Waals surface area contributed by atoms with Crippen molar-refractivity contribution in [2.45, 2.75) is 25.7 Å². The van der Waals surface area contributed by atoms with Gasteiger partial charge in [-0.05, 0) is 55.0 Å². The Morgan fingerprint density at radius 3 is 2.73 bits per heavy atom. The van der Waals surface area contributed by atoms with E-state index in [0.717, 1.165) is 31.2 Å². The number of hydrogen-bond acceptors (Lipinski definition) is 5. The number of thiophene rings is 1. The number of aromatic amines is 1. The third-order valence-corrected chi connectivity index (χ3v) is 5.92. The van der Waals surface area contributed by atoms with Crippen molar-refractivity contribution in [2.24, 2.45) is 0 Å². The molecule has 0 fully saturated rings. The number of aryl methyl sites for hydroxylation is 2. The van der Waals surface area contributed by atoms with Gasteiger partial charge in [-0.15, -0.1) is 11.3 Å². The first kappa shape index (κ1) is 16.9. The highest BCUT2D eigenvalue weighted by molar-refractivity contribution is 7.18. The van der Waals surface area contributed by atoms with Crippen LogP contribution in [-0.2, 0) is 12.8 Å². The van der Waals surface area contributed by atoms with Gasteiger partial charge < -0.3 is 4.98 Å². The molecule has 0 unspecified atom stereocenters. The molecule has 8 heteroatoms. The van der Waals surface area contributed by atoms with E-state index in [1.54, 1.807) is 29.5 Å². The fourth-order valence-electron chi connectivity index (χ4n) is 3.18. The summed E-state index contributed by atoms with van der Waals surface area (Å²) in [6, 6.07) is 6.01. The maximum Gasteiger partial charge on any atom is 0.269 e. The second-order valence-electron chi connectivity index (χ2n) is 6.15. The summed E-state index contributed by atoms with van der Waals surface area (Å²) >= 11 is 7.91. The molecule has 2 heterocycles. The average molecular weight is 388 g/mol. The molecule has 0 saturated carbocycles. The van der Waals surface area contributed by atoms with Gasteiger partial charge in [0.2, 0.25) is 0 Å². The van der Waals surface area contributed by atoms with E-state index in [2.05, 4.69) is 9.97 Å². The number of aromatic nitrogens is 2. The van der Waals surface area contributed by atoms with Gasteiger partial charge in [0.1, 0.15) is 4.83 Å². The maximum absolute atomic E-state index is 12.6. The van der Waals surface area contributed by atoms with E-state index in [1.807, 2.05) is 0 Å². The smallest absolute Gasteiger partial charge is 0.269 e. The monoisotopic (exact) mass is 387 g/mol. The van der Waals surface area contributed by atoms with E-state index < -0.39 is 4.92 Å². The van der Waals surface area contributed by atoms with Crippen molar-refractivity contribution in [1.29, 1.82) is 0 Å². The summed E-state index contributed by atoms with van der Waals surface area (Å²) in [5, 5.41) is 11.7. The average Bonchev–Trinajstić information content (AvgIpc) is 3.01. The summed E-state index contributed by atoms with van der Waals surface area (Å²) in [4.78, 5) is 32.1. The molecule has 0 spiro atoms. The molecule has 2 aromatic heterocycles. The first-order valence-corrected chi connectivity index (χ1v) is 9.39. The summed E-state index contributed by atoms with van der Waals surface area (Å²) in [5.41, 5.74) is 1.66. The number of H-pyrrole nitrogens is 1. The second kappa shape index (κ2) is 6.66. The highest BCUT2D eigenvalue weighted by atomic mass is 35.5. The lowest BCUT2D eigenvalue weighted by Crippen LogP contribution is -2.12. The van der Waals surface area contributed by atoms with E-state index in [1.165, 1.54) is 17.0 Å². The molecule has 0 radical (unpaired) electrons. The predicted octanol–water partition coefficient (Wildman–Crippen LogP) is 4.51. The van der Waals surface area contributed by atoms with E-state index >= 15 is 0 Å². The number of non-ortho nitro benzene ring substituents is 1. The normalized spacial score (nSPS) is 14.4. The van der Waals surface area contributed by atoms with E-state index in [-0.39, 0.29) is 16.3 Å². The molecule has 132 valence electrons. The Labute approximate surface area is 157 Å². The number of halogens is 1. The van der Waals surface area contributed by atoms with Crippen molar-refractivity contribution in [3.63, 3.8) is 0 Å². The van der Waals surface area contributed by atoms with Crippen LogP contribution < -0.4 is 5.56 Å². The fraction of sp³-hybridized carbons (Fsp3) is 0.222. The molecule has 1 aromatic carbocycles. The SMILES string of the molecule is O=c1[nH]c(/C(Cl)=C/c2ccc([N+](=O)[O-])cc2)nc2sc3c(c12)CCCC3. The first-order valence-electron chi connectivity index (χ1n) is 8.19. The van der Waals surface area contributed by atoms with Gasteiger partial charge in [-0.2, -0.15) is 0 Å². The van der Waals surface area contributed by atoms with Gasteiger partial charge in [0.15, 0.2) is 5.82 Å². The Hall–Kier alpha value is -2.51. The molecule has 1 aliphatic carbocycles. The van der Waals surface area contributed by atoms with Crippen LogP contribution in [0.5, 0.6) is 0 Å². The highest BCUT2D eigenvalue weighted by Gasteiger charge is 2.20. The van der Waals surface area contributed by atoms with Crippen LogP contribution in [0.4, 0.5) is 5.69 Å². The predicted molar refractivity (Wildman–Crippen MR) is 104 cm³/mol. The molecule has 6 nitrogen and oxygen atoms in total. The Kier molecular flexibility index (Phi) is 4.34. The fourth-order valence-corrected chi connectivity index (χ4v) is 4.66. The molecule has 3 aromatic rings. The van der Waals surface area contributed by atoms with Gasteiger partial charge in [0.05, 0.1) is 15.3 Å². The summed E-state index contributed by atoms with van der Waals surface area (Å²) in [7, 11) is 0. The molecule has 0 aliphatic heterocycles. The number of rotatable bonds is 3. The highest BCUT2D eigenvalue weighted by Crippen LogP contribution is 2.34.